The van der Waals surface area contributed by atoms with Crippen LogP contribution < -0.4 is 0 Å². The van der Waals surface area contributed by atoms with Crippen LogP contribution in [0, 0.1) is 12.7 Å². The van der Waals surface area contributed by atoms with Crippen molar-refractivity contribution in [3.8, 4) is 5.69 Å². The Morgan fingerprint density at radius 3 is 2.67 bits per heavy atom. The third kappa shape index (κ3) is 2.71. The van der Waals surface area contributed by atoms with Crippen LogP contribution in [0.25, 0.3) is 5.69 Å². The van der Waals surface area contributed by atoms with Gasteiger partial charge in [-0.3, -0.25) is 0 Å². The Kier molecular flexibility index (Phi) is 3.54. The normalized spacial score (nSPS) is 12.3. The molecule has 0 aliphatic heterocycles. The molecule has 0 saturated heterocycles. The van der Waals surface area contributed by atoms with Crippen molar-refractivity contribution in [3.63, 3.8) is 0 Å². The number of benzene rings is 2. The molecule has 0 aliphatic carbocycles. The third-order valence-electron chi connectivity index (χ3n) is 3.47. The highest BCUT2D eigenvalue weighted by atomic mass is 19.1. The summed E-state index contributed by atoms with van der Waals surface area (Å²) in [6.45, 7) is 1.85. The van der Waals surface area contributed by atoms with Crippen molar-refractivity contribution < 1.29 is 9.50 Å². The predicted molar refractivity (Wildman–Crippen MR) is 78.8 cm³/mol. The van der Waals surface area contributed by atoms with Crippen molar-refractivity contribution in [2.24, 2.45) is 0 Å². The van der Waals surface area contributed by atoms with E-state index in [0.717, 1.165) is 11.3 Å². The standard InChI is InChI=1S/C17H15FN2O/c1-12-7-8-14(18)9-16(12)17(21)13-10-19-20(11-13)15-5-3-2-4-6-15/h2-11,17,21H,1H3. The minimum atomic E-state index is -0.891. The lowest BCUT2D eigenvalue weighted by molar-refractivity contribution is 0.219. The smallest absolute Gasteiger partial charge is 0.123 e. The van der Waals surface area contributed by atoms with Crippen LogP contribution in [0.4, 0.5) is 4.39 Å². The van der Waals surface area contributed by atoms with Gasteiger partial charge >= 0.3 is 0 Å². The summed E-state index contributed by atoms with van der Waals surface area (Å²) < 4.78 is 15.0. The first kappa shape index (κ1) is 13.5. The molecule has 1 aromatic heterocycles. The van der Waals surface area contributed by atoms with Gasteiger partial charge in [-0.05, 0) is 42.3 Å². The van der Waals surface area contributed by atoms with E-state index in [0.29, 0.717) is 11.1 Å². The van der Waals surface area contributed by atoms with Gasteiger partial charge < -0.3 is 5.11 Å². The zero-order valence-corrected chi connectivity index (χ0v) is 11.6. The van der Waals surface area contributed by atoms with Crippen LogP contribution in [-0.2, 0) is 0 Å². The molecule has 3 nitrogen and oxygen atoms in total. The average molecular weight is 282 g/mol. The second-order valence-corrected chi connectivity index (χ2v) is 4.96. The lowest BCUT2D eigenvalue weighted by Crippen LogP contribution is -2.02. The predicted octanol–water partition coefficient (Wildman–Crippen LogP) is 3.40. The number of hydrogen-bond acceptors (Lipinski definition) is 2. The number of nitrogens with zero attached hydrogens (tertiary/aromatic N) is 2. The highest BCUT2D eigenvalue weighted by Crippen LogP contribution is 2.25. The molecule has 4 heteroatoms. The molecule has 0 spiro atoms. The quantitative estimate of drug-likeness (QED) is 0.799. The van der Waals surface area contributed by atoms with Gasteiger partial charge in [0.25, 0.3) is 0 Å². The van der Waals surface area contributed by atoms with Crippen molar-refractivity contribution in [3.05, 3.63) is 83.4 Å². The van der Waals surface area contributed by atoms with E-state index in [9.17, 15) is 9.50 Å². The summed E-state index contributed by atoms with van der Waals surface area (Å²) in [7, 11) is 0. The van der Waals surface area contributed by atoms with Crippen LogP contribution in [0.15, 0.2) is 60.9 Å². The topological polar surface area (TPSA) is 38.1 Å². The Balaban J connectivity index is 1.94. The molecule has 0 bridgehead atoms. The molecule has 1 N–H and O–H groups in total. The van der Waals surface area contributed by atoms with Gasteiger partial charge in [0.2, 0.25) is 0 Å². The summed E-state index contributed by atoms with van der Waals surface area (Å²) in [4.78, 5) is 0. The number of hydrogen-bond donors (Lipinski definition) is 1. The van der Waals surface area contributed by atoms with Gasteiger partial charge in [0.05, 0.1) is 11.9 Å². The van der Waals surface area contributed by atoms with Gasteiger partial charge in [-0.25, -0.2) is 9.07 Å². The summed E-state index contributed by atoms with van der Waals surface area (Å²) >= 11 is 0. The van der Waals surface area contributed by atoms with Crippen molar-refractivity contribution in [1.29, 1.82) is 0 Å². The monoisotopic (exact) mass is 282 g/mol. The molecule has 0 amide bonds. The van der Waals surface area contributed by atoms with Crippen LogP contribution in [0.3, 0.4) is 0 Å². The Morgan fingerprint density at radius 1 is 1.14 bits per heavy atom. The Morgan fingerprint density at radius 2 is 1.90 bits per heavy atom. The van der Waals surface area contributed by atoms with Crippen molar-refractivity contribution in [2.75, 3.05) is 0 Å². The summed E-state index contributed by atoms with van der Waals surface area (Å²) in [5, 5.41) is 14.7. The molecule has 3 rings (SSSR count). The lowest BCUT2D eigenvalue weighted by Gasteiger charge is -2.12. The van der Waals surface area contributed by atoms with Crippen LogP contribution in [0.1, 0.15) is 22.8 Å². The maximum atomic E-state index is 13.4. The van der Waals surface area contributed by atoms with E-state index in [1.807, 2.05) is 37.3 Å². The van der Waals surface area contributed by atoms with E-state index >= 15 is 0 Å². The number of rotatable bonds is 3. The minimum Gasteiger partial charge on any atom is -0.384 e. The van der Waals surface area contributed by atoms with Crippen molar-refractivity contribution >= 4 is 0 Å². The zero-order chi connectivity index (χ0) is 14.8. The Bertz CT molecular complexity index is 752. The van der Waals surface area contributed by atoms with E-state index in [2.05, 4.69) is 5.10 Å². The van der Waals surface area contributed by atoms with Crippen molar-refractivity contribution in [1.82, 2.24) is 9.78 Å². The van der Waals surface area contributed by atoms with Gasteiger partial charge in [0, 0.05) is 11.8 Å². The number of para-hydroxylation sites is 1. The lowest BCUT2D eigenvalue weighted by atomic mass is 9.99. The fourth-order valence-electron chi connectivity index (χ4n) is 2.29. The van der Waals surface area contributed by atoms with E-state index in [1.54, 1.807) is 23.1 Å². The summed E-state index contributed by atoms with van der Waals surface area (Å²) in [5.41, 5.74) is 2.94. The molecule has 3 aromatic rings. The summed E-state index contributed by atoms with van der Waals surface area (Å²) in [6, 6.07) is 14.0. The van der Waals surface area contributed by atoms with E-state index < -0.39 is 6.10 Å². The number of aliphatic hydroxyl groups is 1. The number of halogens is 1. The molecule has 21 heavy (non-hydrogen) atoms. The average Bonchev–Trinajstić information content (AvgIpc) is 3.00. The largest absolute Gasteiger partial charge is 0.384 e. The molecule has 2 aromatic carbocycles. The van der Waals surface area contributed by atoms with E-state index in [-0.39, 0.29) is 5.82 Å². The second-order valence-electron chi connectivity index (χ2n) is 4.96. The molecular formula is C17H15FN2O. The summed E-state index contributed by atoms with van der Waals surface area (Å²) in [5.74, 6) is -0.356. The Hall–Kier alpha value is -2.46. The zero-order valence-electron chi connectivity index (χ0n) is 11.6. The molecule has 1 unspecified atom stereocenters. The molecular weight excluding hydrogens is 267 g/mol. The van der Waals surface area contributed by atoms with Crippen LogP contribution in [-0.4, -0.2) is 14.9 Å². The third-order valence-corrected chi connectivity index (χ3v) is 3.47. The molecule has 0 aliphatic rings. The summed E-state index contributed by atoms with van der Waals surface area (Å²) in [6.07, 6.45) is 2.46. The number of aliphatic hydroxyl groups excluding tert-OH is 1. The first-order valence-corrected chi connectivity index (χ1v) is 6.69. The van der Waals surface area contributed by atoms with Gasteiger partial charge in [-0.15, -0.1) is 0 Å². The van der Waals surface area contributed by atoms with E-state index in [1.165, 1.54) is 12.1 Å². The molecule has 0 saturated carbocycles. The van der Waals surface area contributed by atoms with Gasteiger partial charge in [-0.1, -0.05) is 24.3 Å². The van der Waals surface area contributed by atoms with Gasteiger partial charge in [0.1, 0.15) is 11.9 Å². The molecule has 1 atom stereocenters. The Labute approximate surface area is 122 Å². The molecule has 0 fully saturated rings. The van der Waals surface area contributed by atoms with Gasteiger partial charge in [-0.2, -0.15) is 5.10 Å². The molecule has 0 radical (unpaired) electrons. The second kappa shape index (κ2) is 5.50. The maximum Gasteiger partial charge on any atom is 0.123 e. The SMILES string of the molecule is Cc1ccc(F)cc1C(O)c1cnn(-c2ccccc2)c1. The van der Waals surface area contributed by atoms with Gasteiger partial charge in [0.15, 0.2) is 0 Å². The molecule has 1 heterocycles. The highest BCUT2D eigenvalue weighted by molar-refractivity contribution is 5.36. The fraction of sp³-hybridized carbons (Fsp3) is 0.118. The number of aromatic nitrogens is 2. The van der Waals surface area contributed by atoms with E-state index in [4.69, 9.17) is 0 Å². The minimum absolute atomic E-state index is 0.356. The van der Waals surface area contributed by atoms with Crippen LogP contribution in [0.2, 0.25) is 0 Å². The van der Waals surface area contributed by atoms with Crippen LogP contribution in [0.5, 0.6) is 0 Å². The van der Waals surface area contributed by atoms with Crippen LogP contribution >= 0.6 is 0 Å². The fourth-order valence-corrected chi connectivity index (χ4v) is 2.29. The van der Waals surface area contributed by atoms with Crippen molar-refractivity contribution in [2.45, 2.75) is 13.0 Å². The number of aryl methyl sites for hydroxylation is 1. The first-order chi connectivity index (χ1) is 10.1. The molecule has 106 valence electrons. The maximum absolute atomic E-state index is 13.4. The highest BCUT2D eigenvalue weighted by Gasteiger charge is 2.16. The first-order valence-electron chi connectivity index (χ1n) is 6.69.